The van der Waals surface area contributed by atoms with Crippen LogP contribution < -0.4 is 9.80 Å². The molecule has 0 saturated carbocycles. The number of hydrogen-bond donors (Lipinski definition) is 0. The molecule has 40 heavy (non-hydrogen) atoms. The molecule has 5 rings (SSSR count). The lowest BCUT2D eigenvalue weighted by Crippen LogP contribution is -2.49. The fourth-order valence-electron chi connectivity index (χ4n) is 5.69. The van der Waals surface area contributed by atoms with Crippen LogP contribution in [0.4, 0.5) is 17.1 Å². The molecule has 10 heteroatoms. The number of carbonyl (C=O) groups is 1. The molecule has 1 amide bonds. The van der Waals surface area contributed by atoms with Crippen molar-refractivity contribution in [3.8, 4) is 0 Å². The first-order chi connectivity index (χ1) is 19.2. The molecule has 0 radical (unpaired) electrons. The topological polar surface area (TPSA) is 73.5 Å². The van der Waals surface area contributed by atoms with E-state index in [2.05, 4.69) is 26.5 Å². The molecule has 2 aliphatic heterocycles. The molecule has 0 spiro atoms. The van der Waals surface area contributed by atoms with Gasteiger partial charge in [-0.25, -0.2) is 13.3 Å². The molecular weight excluding hydrogens is 524 g/mol. The van der Waals surface area contributed by atoms with Crippen molar-refractivity contribution in [2.24, 2.45) is 7.05 Å². The van der Waals surface area contributed by atoms with Gasteiger partial charge >= 0.3 is 0 Å². The standard InChI is InChI=1S/C30H36N6O3S/c1-23-24(22-33-13-15-34(16-14-33)26-10-6-5-9-25(26)31-2)21-28(32(23)3)30(37)36-19-17-35(18-20-36)27-11-7-8-12-29(27)40(4,38)39/h5-12,21H,13-20,22H2,1,3-4H3. The van der Waals surface area contributed by atoms with E-state index < -0.39 is 9.84 Å². The lowest BCUT2D eigenvalue weighted by molar-refractivity contribution is 0.0736. The molecule has 2 saturated heterocycles. The summed E-state index contributed by atoms with van der Waals surface area (Å²) in [7, 11) is -1.39. The molecule has 210 valence electrons. The molecule has 2 aromatic carbocycles. The Morgan fingerprint density at radius 2 is 1.45 bits per heavy atom. The first kappa shape index (κ1) is 27.7. The van der Waals surface area contributed by atoms with Crippen LogP contribution in [0.25, 0.3) is 4.85 Å². The molecule has 0 N–H and O–H groups in total. The van der Waals surface area contributed by atoms with E-state index in [1.807, 2.05) is 59.0 Å². The zero-order valence-corrected chi connectivity index (χ0v) is 24.2. The van der Waals surface area contributed by atoms with Gasteiger partial charge in [0.25, 0.3) is 5.91 Å². The smallest absolute Gasteiger partial charge is 0.270 e. The predicted molar refractivity (Wildman–Crippen MR) is 158 cm³/mol. The number of aromatic nitrogens is 1. The zero-order valence-electron chi connectivity index (χ0n) is 23.4. The Morgan fingerprint density at radius 1 is 0.875 bits per heavy atom. The zero-order chi connectivity index (χ0) is 28.4. The van der Waals surface area contributed by atoms with Crippen LogP contribution in [0.5, 0.6) is 0 Å². The van der Waals surface area contributed by atoms with Gasteiger partial charge in [0.05, 0.1) is 17.2 Å². The van der Waals surface area contributed by atoms with Crippen LogP contribution in [0.1, 0.15) is 21.7 Å². The maximum atomic E-state index is 13.6. The Bertz CT molecular complexity index is 1540. The second-order valence-electron chi connectivity index (χ2n) is 10.6. The summed E-state index contributed by atoms with van der Waals surface area (Å²) in [5, 5.41) is 0. The summed E-state index contributed by atoms with van der Waals surface area (Å²) in [5.41, 5.74) is 5.32. The molecule has 9 nitrogen and oxygen atoms in total. The summed E-state index contributed by atoms with van der Waals surface area (Å²) >= 11 is 0. The molecule has 2 fully saturated rings. The third kappa shape index (κ3) is 5.58. The van der Waals surface area contributed by atoms with Gasteiger partial charge in [-0.2, -0.15) is 0 Å². The average Bonchev–Trinajstić information content (AvgIpc) is 3.25. The molecule has 3 aromatic rings. The number of piperazine rings is 2. The highest BCUT2D eigenvalue weighted by molar-refractivity contribution is 7.90. The van der Waals surface area contributed by atoms with E-state index in [4.69, 9.17) is 6.57 Å². The first-order valence-electron chi connectivity index (χ1n) is 13.6. The van der Waals surface area contributed by atoms with Gasteiger partial charge in [0, 0.05) is 83.6 Å². The predicted octanol–water partition coefficient (Wildman–Crippen LogP) is 3.57. The van der Waals surface area contributed by atoms with Crippen LogP contribution in [-0.2, 0) is 23.4 Å². The van der Waals surface area contributed by atoms with Crippen molar-refractivity contribution < 1.29 is 13.2 Å². The van der Waals surface area contributed by atoms with Crippen molar-refractivity contribution in [2.75, 3.05) is 68.4 Å². The summed E-state index contributed by atoms with van der Waals surface area (Å²) in [6, 6.07) is 16.9. The van der Waals surface area contributed by atoms with E-state index in [0.717, 1.165) is 49.7 Å². The summed E-state index contributed by atoms with van der Waals surface area (Å²) in [6.07, 6.45) is 1.23. The van der Waals surface area contributed by atoms with Crippen LogP contribution in [-0.4, -0.2) is 87.3 Å². The largest absolute Gasteiger partial charge is 0.378 e. The highest BCUT2D eigenvalue weighted by Crippen LogP contribution is 2.30. The van der Waals surface area contributed by atoms with Crippen LogP contribution in [0, 0.1) is 13.5 Å². The molecular formula is C30H36N6O3S. The number of rotatable bonds is 6. The Labute approximate surface area is 236 Å². The summed E-state index contributed by atoms with van der Waals surface area (Å²) < 4.78 is 26.5. The SMILES string of the molecule is [C-]#[N+]c1ccccc1N1CCN(Cc2cc(C(=O)N3CCN(c4ccccc4S(C)(=O)=O)CC3)n(C)c2C)CC1. The number of para-hydroxylation sites is 3. The Hall–Kier alpha value is -3.81. The number of sulfone groups is 1. The van der Waals surface area contributed by atoms with Crippen molar-refractivity contribution in [2.45, 2.75) is 18.4 Å². The normalized spacial score (nSPS) is 16.7. The Kier molecular flexibility index (Phi) is 7.88. The lowest BCUT2D eigenvalue weighted by Gasteiger charge is -2.36. The van der Waals surface area contributed by atoms with Crippen LogP contribution in [0.3, 0.4) is 0 Å². The number of carbonyl (C=O) groups excluding carboxylic acids is 1. The second kappa shape index (κ2) is 11.4. The number of anilines is 2. The number of benzene rings is 2. The monoisotopic (exact) mass is 560 g/mol. The fraction of sp³-hybridized carbons (Fsp3) is 0.400. The highest BCUT2D eigenvalue weighted by atomic mass is 32.2. The quantitative estimate of drug-likeness (QED) is 0.430. The van der Waals surface area contributed by atoms with Gasteiger partial charge in [0.1, 0.15) is 5.69 Å². The van der Waals surface area contributed by atoms with Crippen molar-refractivity contribution in [3.05, 3.63) is 83.0 Å². The van der Waals surface area contributed by atoms with Gasteiger partial charge < -0.3 is 19.3 Å². The second-order valence-corrected chi connectivity index (χ2v) is 12.6. The van der Waals surface area contributed by atoms with Gasteiger partial charge in [0.2, 0.25) is 5.69 Å². The van der Waals surface area contributed by atoms with Crippen molar-refractivity contribution in [3.63, 3.8) is 0 Å². The van der Waals surface area contributed by atoms with E-state index in [1.54, 1.807) is 12.1 Å². The first-order valence-corrected chi connectivity index (χ1v) is 15.5. The minimum absolute atomic E-state index is 0.00784. The van der Waals surface area contributed by atoms with Crippen LogP contribution in [0.2, 0.25) is 0 Å². The van der Waals surface area contributed by atoms with E-state index in [-0.39, 0.29) is 5.91 Å². The molecule has 1 aromatic heterocycles. The molecule has 0 bridgehead atoms. The highest BCUT2D eigenvalue weighted by Gasteiger charge is 2.28. The van der Waals surface area contributed by atoms with Gasteiger partial charge in [-0.15, -0.1) is 0 Å². The van der Waals surface area contributed by atoms with Gasteiger partial charge in [0.15, 0.2) is 9.84 Å². The van der Waals surface area contributed by atoms with Crippen LogP contribution in [0.15, 0.2) is 59.5 Å². The van der Waals surface area contributed by atoms with E-state index in [9.17, 15) is 13.2 Å². The van der Waals surface area contributed by atoms with Crippen molar-refractivity contribution in [1.82, 2.24) is 14.4 Å². The van der Waals surface area contributed by atoms with E-state index in [1.165, 1.54) is 6.26 Å². The fourth-order valence-corrected chi connectivity index (χ4v) is 6.59. The molecule has 0 atom stereocenters. The lowest BCUT2D eigenvalue weighted by atomic mass is 10.2. The van der Waals surface area contributed by atoms with Gasteiger partial charge in [-0.1, -0.05) is 30.3 Å². The average molecular weight is 561 g/mol. The summed E-state index contributed by atoms with van der Waals surface area (Å²) in [4.78, 5) is 26.2. The van der Waals surface area contributed by atoms with E-state index in [0.29, 0.717) is 48.1 Å². The molecule has 0 aliphatic carbocycles. The van der Waals surface area contributed by atoms with Crippen molar-refractivity contribution in [1.29, 1.82) is 0 Å². The number of amides is 1. The maximum Gasteiger partial charge on any atom is 0.270 e. The Balaban J connectivity index is 1.21. The molecule has 3 heterocycles. The van der Waals surface area contributed by atoms with E-state index >= 15 is 0 Å². The summed E-state index contributed by atoms with van der Waals surface area (Å²) in [6.45, 7) is 16.0. The van der Waals surface area contributed by atoms with Gasteiger partial charge in [-0.3, -0.25) is 9.69 Å². The summed E-state index contributed by atoms with van der Waals surface area (Å²) in [5.74, 6) is 0.00784. The maximum absolute atomic E-state index is 13.6. The minimum Gasteiger partial charge on any atom is -0.378 e. The third-order valence-electron chi connectivity index (χ3n) is 8.14. The molecule has 2 aliphatic rings. The van der Waals surface area contributed by atoms with Crippen molar-refractivity contribution >= 4 is 32.8 Å². The van der Waals surface area contributed by atoms with Crippen LogP contribution >= 0.6 is 0 Å². The Morgan fingerprint density at radius 3 is 2.10 bits per heavy atom. The third-order valence-corrected chi connectivity index (χ3v) is 9.28. The minimum atomic E-state index is -3.34. The van der Waals surface area contributed by atoms with Gasteiger partial charge in [-0.05, 0) is 36.8 Å². The molecule has 0 unspecified atom stereocenters. The number of nitrogens with zero attached hydrogens (tertiary/aromatic N) is 6. The number of hydrogen-bond acceptors (Lipinski definition) is 6.